The first-order valence-electron chi connectivity index (χ1n) is 9.68. The van der Waals surface area contributed by atoms with E-state index >= 15 is 0 Å². The van der Waals surface area contributed by atoms with Crippen LogP contribution in [-0.2, 0) is 11.2 Å². The molecule has 0 aliphatic carbocycles. The third-order valence-electron chi connectivity index (χ3n) is 4.55. The predicted molar refractivity (Wildman–Crippen MR) is 123 cm³/mol. The van der Waals surface area contributed by atoms with Gasteiger partial charge in [-0.05, 0) is 43.9 Å². The summed E-state index contributed by atoms with van der Waals surface area (Å²) in [6.45, 7) is 5.84. The molecule has 0 saturated carbocycles. The van der Waals surface area contributed by atoms with Crippen LogP contribution < -0.4 is 20.1 Å². The van der Waals surface area contributed by atoms with Crippen molar-refractivity contribution in [2.75, 3.05) is 46.9 Å². The summed E-state index contributed by atoms with van der Waals surface area (Å²) in [4.78, 5) is 18.5. The highest BCUT2D eigenvalue weighted by Crippen LogP contribution is 2.27. The Morgan fingerprint density at radius 1 is 1.14 bits per heavy atom. The van der Waals surface area contributed by atoms with Crippen molar-refractivity contribution in [2.24, 2.45) is 4.99 Å². The predicted octanol–water partition coefficient (Wildman–Crippen LogP) is 2.43. The summed E-state index contributed by atoms with van der Waals surface area (Å²) in [7, 11) is 3.27. The molecular formula is C20H33IN4O3. The lowest BCUT2D eigenvalue weighted by Crippen LogP contribution is -2.38. The van der Waals surface area contributed by atoms with Crippen molar-refractivity contribution < 1.29 is 14.3 Å². The average molecular weight is 504 g/mol. The number of rotatable bonds is 9. The number of nitrogens with zero attached hydrogens (tertiary/aromatic N) is 2. The van der Waals surface area contributed by atoms with Gasteiger partial charge in [-0.2, -0.15) is 0 Å². The van der Waals surface area contributed by atoms with E-state index < -0.39 is 0 Å². The molecule has 1 aliphatic rings. The van der Waals surface area contributed by atoms with Gasteiger partial charge < -0.3 is 25.0 Å². The van der Waals surface area contributed by atoms with E-state index in [-0.39, 0.29) is 29.9 Å². The summed E-state index contributed by atoms with van der Waals surface area (Å²) in [5.41, 5.74) is 1.15. The zero-order chi connectivity index (χ0) is 19.5. The molecule has 0 unspecified atom stereocenters. The molecule has 1 saturated heterocycles. The van der Waals surface area contributed by atoms with Gasteiger partial charge >= 0.3 is 0 Å². The van der Waals surface area contributed by atoms with E-state index in [1.165, 1.54) is 0 Å². The van der Waals surface area contributed by atoms with E-state index in [2.05, 4.69) is 15.6 Å². The van der Waals surface area contributed by atoms with Gasteiger partial charge in [0.05, 0.1) is 20.8 Å². The van der Waals surface area contributed by atoms with Gasteiger partial charge in [0.25, 0.3) is 0 Å². The monoisotopic (exact) mass is 504 g/mol. The summed E-state index contributed by atoms with van der Waals surface area (Å²) in [5, 5.41) is 6.54. The van der Waals surface area contributed by atoms with Crippen LogP contribution in [0.2, 0.25) is 0 Å². The first-order valence-corrected chi connectivity index (χ1v) is 9.68. The molecular weight excluding hydrogens is 471 g/mol. The maximum Gasteiger partial charge on any atom is 0.224 e. The molecule has 28 heavy (non-hydrogen) atoms. The molecule has 2 rings (SSSR count). The molecule has 0 radical (unpaired) electrons. The Morgan fingerprint density at radius 2 is 1.86 bits per heavy atom. The molecule has 1 aliphatic heterocycles. The molecule has 1 fully saturated rings. The third kappa shape index (κ3) is 7.73. The molecule has 0 atom stereocenters. The molecule has 1 aromatic rings. The minimum Gasteiger partial charge on any atom is -0.493 e. The van der Waals surface area contributed by atoms with Gasteiger partial charge in [-0.3, -0.25) is 9.79 Å². The molecule has 0 spiro atoms. The second-order valence-electron chi connectivity index (χ2n) is 6.46. The van der Waals surface area contributed by atoms with Crippen LogP contribution in [0.3, 0.4) is 0 Å². The van der Waals surface area contributed by atoms with E-state index in [9.17, 15) is 4.79 Å². The molecule has 2 N–H and O–H groups in total. The fourth-order valence-electron chi connectivity index (χ4n) is 3.09. The van der Waals surface area contributed by atoms with Crippen LogP contribution in [0.4, 0.5) is 0 Å². The van der Waals surface area contributed by atoms with E-state index in [1.54, 1.807) is 14.2 Å². The second-order valence-corrected chi connectivity index (χ2v) is 6.46. The number of hydrogen-bond acceptors (Lipinski definition) is 4. The Bertz CT molecular complexity index is 634. The quantitative estimate of drug-likeness (QED) is 0.307. The number of aliphatic imine (C=N–C) groups is 1. The lowest BCUT2D eigenvalue weighted by Gasteiger charge is -2.15. The van der Waals surface area contributed by atoms with E-state index in [4.69, 9.17) is 9.47 Å². The molecule has 7 nitrogen and oxygen atoms in total. The van der Waals surface area contributed by atoms with Crippen molar-refractivity contribution in [2.45, 2.75) is 32.6 Å². The fraction of sp³-hybridized carbons (Fsp3) is 0.600. The highest BCUT2D eigenvalue weighted by molar-refractivity contribution is 14.0. The maximum absolute atomic E-state index is 12.1. The van der Waals surface area contributed by atoms with Gasteiger partial charge in [-0.1, -0.05) is 6.07 Å². The van der Waals surface area contributed by atoms with Gasteiger partial charge in [0.15, 0.2) is 17.5 Å². The highest BCUT2D eigenvalue weighted by atomic mass is 127. The van der Waals surface area contributed by atoms with Crippen molar-refractivity contribution in [1.82, 2.24) is 15.5 Å². The maximum atomic E-state index is 12.1. The number of methoxy groups -OCH3 is 2. The van der Waals surface area contributed by atoms with Crippen molar-refractivity contribution in [3.63, 3.8) is 0 Å². The average Bonchev–Trinajstić information content (AvgIpc) is 3.22. The van der Waals surface area contributed by atoms with Crippen molar-refractivity contribution in [3.05, 3.63) is 23.8 Å². The van der Waals surface area contributed by atoms with Crippen LogP contribution in [0.25, 0.3) is 0 Å². The lowest BCUT2D eigenvalue weighted by atomic mass is 10.1. The first-order chi connectivity index (χ1) is 13.2. The molecule has 158 valence electrons. The Kier molecular flexibility index (Phi) is 11.7. The van der Waals surface area contributed by atoms with Crippen LogP contribution in [0.1, 0.15) is 31.7 Å². The highest BCUT2D eigenvalue weighted by Gasteiger charge is 2.16. The van der Waals surface area contributed by atoms with Gasteiger partial charge in [-0.15, -0.1) is 24.0 Å². The molecule has 0 aromatic heterocycles. The van der Waals surface area contributed by atoms with Gasteiger partial charge in [0.1, 0.15) is 0 Å². The summed E-state index contributed by atoms with van der Waals surface area (Å²) in [6.07, 6.45) is 3.54. The van der Waals surface area contributed by atoms with Gasteiger partial charge in [0.2, 0.25) is 5.91 Å². The number of hydrogen-bond donors (Lipinski definition) is 2. The summed E-state index contributed by atoms with van der Waals surface area (Å²) in [6, 6.07) is 5.93. The van der Waals surface area contributed by atoms with Crippen molar-refractivity contribution in [1.29, 1.82) is 0 Å². The summed E-state index contributed by atoms with van der Waals surface area (Å²) in [5.74, 6) is 2.41. The number of amides is 1. The minimum absolute atomic E-state index is 0. The Labute approximate surface area is 185 Å². The minimum atomic E-state index is 0. The second kappa shape index (κ2) is 13.5. The largest absolute Gasteiger partial charge is 0.493 e. The Balaban J connectivity index is 0.00000392. The smallest absolute Gasteiger partial charge is 0.224 e. The number of halogens is 1. The van der Waals surface area contributed by atoms with Crippen LogP contribution in [0, 0.1) is 0 Å². The van der Waals surface area contributed by atoms with Crippen LogP contribution in [-0.4, -0.2) is 63.7 Å². The van der Waals surface area contributed by atoms with E-state index in [0.29, 0.717) is 13.0 Å². The zero-order valence-electron chi connectivity index (χ0n) is 17.1. The summed E-state index contributed by atoms with van der Waals surface area (Å²) >= 11 is 0. The first kappa shape index (κ1) is 24.3. The van der Waals surface area contributed by atoms with Gasteiger partial charge in [0, 0.05) is 32.6 Å². The van der Waals surface area contributed by atoms with Crippen molar-refractivity contribution >= 4 is 35.8 Å². The molecule has 0 bridgehead atoms. The number of likely N-dealkylation sites (tertiary alicyclic amines) is 1. The summed E-state index contributed by atoms with van der Waals surface area (Å²) < 4.78 is 10.6. The third-order valence-corrected chi connectivity index (χ3v) is 4.55. The number of ether oxygens (including phenoxy) is 2. The molecule has 1 aromatic carbocycles. The zero-order valence-corrected chi connectivity index (χ0v) is 19.5. The number of guanidine groups is 1. The van der Waals surface area contributed by atoms with Crippen LogP contribution >= 0.6 is 24.0 Å². The molecule has 8 heteroatoms. The van der Waals surface area contributed by atoms with Crippen LogP contribution in [0.5, 0.6) is 11.5 Å². The SMILES string of the molecule is CCNC(=NCCC(=O)N1CCCC1)NCCc1ccc(OC)c(OC)c1.I. The Hall–Kier alpha value is -1.71. The van der Waals surface area contributed by atoms with Crippen molar-refractivity contribution in [3.8, 4) is 11.5 Å². The number of nitrogens with one attached hydrogen (secondary N) is 2. The number of carbonyl (C=O) groups is 1. The number of benzene rings is 1. The normalized spacial score (nSPS) is 13.7. The van der Waals surface area contributed by atoms with Gasteiger partial charge in [-0.25, -0.2) is 0 Å². The topological polar surface area (TPSA) is 75.2 Å². The Morgan fingerprint density at radius 3 is 2.50 bits per heavy atom. The molecule has 1 amide bonds. The van der Waals surface area contributed by atoms with Crippen LogP contribution in [0.15, 0.2) is 23.2 Å². The lowest BCUT2D eigenvalue weighted by molar-refractivity contribution is -0.129. The number of carbonyl (C=O) groups excluding carboxylic acids is 1. The standard InChI is InChI=1S/C20H32N4O3.HI/c1-4-21-20(23-12-10-19(25)24-13-5-6-14-24)22-11-9-16-7-8-17(26-2)18(15-16)27-3;/h7-8,15H,4-6,9-14H2,1-3H3,(H2,21,22,23);1H. The van der Waals surface area contributed by atoms with E-state index in [0.717, 1.165) is 68.5 Å². The van der Waals surface area contributed by atoms with E-state index in [1.807, 2.05) is 30.0 Å². The fourth-order valence-corrected chi connectivity index (χ4v) is 3.09. The molecule has 1 heterocycles.